The van der Waals surface area contributed by atoms with Crippen molar-refractivity contribution in [2.45, 2.75) is 27.2 Å². The van der Waals surface area contributed by atoms with Gasteiger partial charge in [0.15, 0.2) is 5.76 Å². The van der Waals surface area contributed by atoms with E-state index >= 15 is 0 Å². The molecule has 1 amide bonds. The molecule has 0 saturated heterocycles. The van der Waals surface area contributed by atoms with Crippen molar-refractivity contribution in [3.05, 3.63) is 65.7 Å². The van der Waals surface area contributed by atoms with Crippen molar-refractivity contribution < 1.29 is 19.5 Å². The normalized spacial score (nSPS) is 11.2. The van der Waals surface area contributed by atoms with Crippen LogP contribution in [0.2, 0.25) is 0 Å². The lowest BCUT2D eigenvalue weighted by Crippen LogP contribution is -2.23. The van der Waals surface area contributed by atoms with Crippen LogP contribution in [-0.2, 0) is 4.84 Å². The number of nitrogens with two attached hydrogens (primary N) is 1. The molecule has 0 radical (unpaired) electrons. The number of carbonyl (C=O) groups excluding carboxylic acids is 1. The monoisotopic (exact) mass is 425 g/mol. The SMILES string of the molecule is C=C(O/N=C(\C)c1ccc(N(CC)CC)c(OCCCO)c1)c1ccc(C(N)=O)cc1. The van der Waals surface area contributed by atoms with Crippen LogP contribution in [0, 0.1) is 0 Å². The molecule has 0 aliphatic carbocycles. The fourth-order valence-electron chi connectivity index (χ4n) is 2.98. The second kappa shape index (κ2) is 11.8. The summed E-state index contributed by atoms with van der Waals surface area (Å²) in [5, 5.41) is 13.3. The molecule has 0 bridgehead atoms. The number of aliphatic hydroxyl groups is 1. The molecule has 7 heteroatoms. The van der Waals surface area contributed by atoms with Crippen LogP contribution in [0.4, 0.5) is 5.69 Å². The van der Waals surface area contributed by atoms with Crippen molar-refractivity contribution in [2.75, 3.05) is 31.2 Å². The Morgan fingerprint density at radius 1 is 1.10 bits per heavy atom. The molecule has 2 rings (SSSR count). The first-order chi connectivity index (χ1) is 14.9. The summed E-state index contributed by atoms with van der Waals surface area (Å²) in [7, 11) is 0. The van der Waals surface area contributed by atoms with Crippen LogP contribution in [-0.4, -0.2) is 43.0 Å². The lowest BCUT2D eigenvalue weighted by Gasteiger charge is -2.24. The Balaban J connectivity index is 2.19. The fourth-order valence-corrected chi connectivity index (χ4v) is 2.98. The van der Waals surface area contributed by atoms with E-state index in [0.717, 1.165) is 30.1 Å². The highest BCUT2D eigenvalue weighted by atomic mass is 16.6. The molecular weight excluding hydrogens is 394 g/mol. The molecule has 2 aromatic carbocycles. The third-order valence-electron chi connectivity index (χ3n) is 4.83. The minimum absolute atomic E-state index is 0.0805. The summed E-state index contributed by atoms with van der Waals surface area (Å²) < 4.78 is 5.93. The molecule has 0 heterocycles. The van der Waals surface area contributed by atoms with E-state index in [9.17, 15) is 4.79 Å². The first-order valence-electron chi connectivity index (χ1n) is 10.3. The van der Waals surface area contributed by atoms with Gasteiger partial charge in [0.1, 0.15) is 5.75 Å². The van der Waals surface area contributed by atoms with Gasteiger partial charge >= 0.3 is 0 Å². The van der Waals surface area contributed by atoms with Crippen molar-refractivity contribution in [3.63, 3.8) is 0 Å². The van der Waals surface area contributed by atoms with Crippen LogP contribution in [0.3, 0.4) is 0 Å². The van der Waals surface area contributed by atoms with E-state index < -0.39 is 5.91 Å². The average molecular weight is 426 g/mol. The number of carbonyl (C=O) groups is 1. The van der Waals surface area contributed by atoms with Gasteiger partial charge in [0.25, 0.3) is 0 Å². The zero-order valence-corrected chi connectivity index (χ0v) is 18.4. The van der Waals surface area contributed by atoms with E-state index in [1.165, 1.54) is 0 Å². The fraction of sp³-hybridized carbons (Fsp3) is 0.333. The summed E-state index contributed by atoms with van der Waals surface area (Å²) in [6.07, 6.45) is 0.562. The Morgan fingerprint density at radius 3 is 2.29 bits per heavy atom. The Hall–Kier alpha value is -3.32. The van der Waals surface area contributed by atoms with Crippen LogP contribution in [0.25, 0.3) is 5.76 Å². The Bertz CT molecular complexity index is 919. The van der Waals surface area contributed by atoms with E-state index in [1.807, 2.05) is 25.1 Å². The summed E-state index contributed by atoms with van der Waals surface area (Å²) >= 11 is 0. The number of benzene rings is 2. The maximum Gasteiger partial charge on any atom is 0.248 e. The number of anilines is 1. The van der Waals surface area contributed by atoms with Gasteiger partial charge in [0, 0.05) is 42.8 Å². The lowest BCUT2D eigenvalue weighted by molar-refractivity contribution is 0.1000. The Labute approximate surface area is 183 Å². The Kier molecular flexibility index (Phi) is 9.09. The number of ether oxygens (including phenoxy) is 1. The molecule has 0 aromatic heterocycles. The van der Waals surface area contributed by atoms with Crippen LogP contribution in [0.5, 0.6) is 5.75 Å². The highest BCUT2D eigenvalue weighted by molar-refractivity contribution is 5.99. The number of aliphatic hydroxyl groups excluding tert-OH is 1. The van der Waals surface area contributed by atoms with Gasteiger partial charge in [-0.3, -0.25) is 4.79 Å². The highest BCUT2D eigenvalue weighted by Crippen LogP contribution is 2.30. The summed E-state index contributed by atoms with van der Waals surface area (Å²) in [5.74, 6) is 0.608. The number of hydrogen-bond donors (Lipinski definition) is 2. The first kappa shape index (κ1) is 24.0. The number of primary amides is 1. The first-order valence-corrected chi connectivity index (χ1v) is 10.3. The molecule has 31 heavy (non-hydrogen) atoms. The molecule has 3 N–H and O–H groups in total. The number of rotatable bonds is 12. The van der Waals surface area contributed by atoms with Gasteiger partial charge in [0.05, 0.1) is 18.0 Å². The number of nitrogens with zero attached hydrogens (tertiary/aromatic N) is 2. The molecule has 0 unspecified atom stereocenters. The molecule has 0 aliphatic heterocycles. The highest BCUT2D eigenvalue weighted by Gasteiger charge is 2.12. The van der Waals surface area contributed by atoms with Crippen molar-refractivity contribution in [2.24, 2.45) is 10.9 Å². The second-order valence-corrected chi connectivity index (χ2v) is 6.91. The van der Waals surface area contributed by atoms with Crippen LogP contribution in [0.1, 0.15) is 48.7 Å². The van der Waals surface area contributed by atoms with Gasteiger partial charge in [-0.1, -0.05) is 29.9 Å². The molecule has 0 aliphatic rings. The number of hydrogen-bond acceptors (Lipinski definition) is 6. The van der Waals surface area contributed by atoms with E-state index in [0.29, 0.717) is 35.6 Å². The predicted molar refractivity (Wildman–Crippen MR) is 124 cm³/mol. The van der Waals surface area contributed by atoms with Gasteiger partial charge in [0.2, 0.25) is 5.91 Å². The van der Waals surface area contributed by atoms with Crippen molar-refractivity contribution in [3.8, 4) is 5.75 Å². The quantitative estimate of drug-likeness (QED) is 0.233. The third-order valence-corrected chi connectivity index (χ3v) is 4.83. The number of oxime groups is 1. The number of amides is 1. The van der Waals surface area contributed by atoms with Crippen LogP contribution < -0.4 is 15.4 Å². The molecule has 166 valence electrons. The molecule has 0 atom stereocenters. The van der Waals surface area contributed by atoms with Gasteiger partial charge in [-0.05, 0) is 45.0 Å². The zero-order valence-electron chi connectivity index (χ0n) is 18.4. The molecule has 0 spiro atoms. The van der Waals surface area contributed by atoms with E-state index in [2.05, 4.69) is 30.5 Å². The minimum Gasteiger partial charge on any atom is -0.491 e. The summed E-state index contributed by atoms with van der Waals surface area (Å²) in [5.41, 5.74) is 8.89. The van der Waals surface area contributed by atoms with Gasteiger partial charge in [-0.2, -0.15) is 0 Å². The van der Waals surface area contributed by atoms with E-state index in [-0.39, 0.29) is 6.61 Å². The maximum atomic E-state index is 11.2. The smallest absolute Gasteiger partial charge is 0.248 e. The summed E-state index contributed by atoms with van der Waals surface area (Å²) in [6, 6.07) is 12.6. The minimum atomic E-state index is -0.489. The molecular formula is C24H31N3O4. The van der Waals surface area contributed by atoms with Crippen molar-refractivity contribution in [1.29, 1.82) is 0 Å². The average Bonchev–Trinajstić information content (AvgIpc) is 2.79. The van der Waals surface area contributed by atoms with E-state index in [1.54, 1.807) is 24.3 Å². The summed E-state index contributed by atoms with van der Waals surface area (Å²) in [6.45, 7) is 12.1. The topological polar surface area (TPSA) is 97.4 Å². The Morgan fingerprint density at radius 2 is 1.71 bits per heavy atom. The molecule has 7 nitrogen and oxygen atoms in total. The predicted octanol–water partition coefficient (Wildman–Crippen LogP) is 3.80. The standard InChI is InChI=1S/C24H31N3O4/c1-5-27(6-2)22-13-12-21(16-23(22)30-15-7-14-28)17(3)26-31-18(4)19-8-10-20(11-9-19)24(25)29/h8-13,16,28H,4-7,14-15H2,1-3H3,(H2,25,29)/b26-17+. The van der Waals surface area contributed by atoms with Crippen molar-refractivity contribution >= 4 is 23.1 Å². The molecule has 0 saturated carbocycles. The maximum absolute atomic E-state index is 11.2. The van der Waals surface area contributed by atoms with Gasteiger partial charge < -0.3 is 25.3 Å². The second-order valence-electron chi connectivity index (χ2n) is 6.91. The van der Waals surface area contributed by atoms with Crippen LogP contribution >= 0.6 is 0 Å². The third kappa shape index (κ3) is 6.58. The zero-order chi connectivity index (χ0) is 22.8. The summed E-state index contributed by atoms with van der Waals surface area (Å²) in [4.78, 5) is 18.9. The molecule has 0 fully saturated rings. The van der Waals surface area contributed by atoms with Crippen LogP contribution in [0.15, 0.2) is 54.2 Å². The van der Waals surface area contributed by atoms with E-state index in [4.69, 9.17) is 20.4 Å². The van der Waals surface area contributed by atoms with Crippen molar-refractivity contribution in [1.82, 2.24) is 0 Å². The van der Waals surface area contributed by atoms with Gasteiger partial charge in [-0.15, -0.1) is 0 Å². The largest absolute Gasteiger partial charge is 0.491 e. The lowest BCUT2D eigenvalue weighted by atomic mass is 10.1. The van der Waals surface area contributed by atoms with Gasteiger partial charge in [-0.25, -0.2) is 0 Å². The molecule has 2 aromatic rings.